The fourth-order valence-electron chi connectivity index (χ4n) is 5.61. The van der Waals surface area contributed by atoms with Crippen molar-refractivity contribution in [2.45, 2.75) is 58.1 Å². The van der Waals surface area contributed by atoms with Gasteiger partial charge in [-0.25, -0.2) is 0 Å². The fourth-order valence-corrected chi connectivity index (χ4v) is 5.61. The Morgan fingerprint density at radius 2 is 1.62 bits per heavy atom. The van der Waals surface area contributed by atoms with Crippen LogP contribution in [0.4, 0.5) is 5.69 Å². The van der Waals surface area contributed by atoms with Crippen molar-refractivity contribution in [2.75, 3.05) is 31.1 Å². The van der Waals surface area contributed by atoms with Crippen LogP contribution in [-0.4, -0.2) is 48.3 Å². The van der Waals surface area contributed by atoms with E-state index in [2.05, 4.69) is 78.3 Å². The van der Waals surface area contributed by atoms with Gasteiger partial charge in [-0.1, -0.05) is 42.5 Å². The van der Waals surface area contributed by atoms with E-state index >= 15 is 0 Å². The molecule has 1 atom stereocenters. The number of piperazine rings is 1. The first-order valence-electron chi connectivity index (χ1n) is 12.4. The molecule has 1 unspecified atom stereocenters. The van der Waals surface area contributed by atoms with E-state index in [1.165, 1.54) is 39.1 Å². The summed E-state index contributed by atoms with van der Waals surface area (Å²) in [5.41, 5.74) is 9.86. The lowest BCUT2D eigenvalue weighted by Gasteiger charge is -2.38. The minimum atomic E-state index is -0.172. The number of allylic oxidation sites excluding steroid dienone is 2. The molecule has 0 amide bonds. The molecule has 168 valence electrons. The lowest BCUT2D eigenvalue weighted by molar-refractivity contribution is 0.163. The molecule has 0 saturated carbocycles. The molecule has 0 aromatic heterocycles. The molecule has 2 aliphatic carbocycles. The lowest BCUT2D eigenvalue weighted by atomic mass is 9.77. The number of anilines is 1. The van der Waals surface area contributed by atoms with E-state index in [9.17, 15) is 5.11 Å². The maximum absolute atomic E-state index is 10.00. The van der Waals surface area contributed by atoms with Crippen LogP contribution in [0.2, 0.25) is 0 Å². The molecule has 0 spiro atoms. The van der Waals surface area contributed by atoms with Gasteiger partial charge in [-0.05, 0) is 91.5 Å². The molecule has 1 fully saturated rings. The van der Waals surface area contributed by atoms with Gasteiger partial charge in [0.05, 0.1) is 6.10 Å². The smallest absolute Gasteiger partial charge is 0.0578 e. The summed E-state index contributed by atoms with van der Waals surface area (Å²) >= 11 is 0. The Balaban J connectivity index is 1.47. The van der Waals surface area contributed by atoms with Crippen LogP contribution in [0, 0.1) is 0 Å². The zero-order valence-electron chi connectivity index (χ0n) is 19.6. The molecule has 2 aromatic rings. The molecule has 1 aliphatic heterocycles. The van der Waals surface area contributed by atoms with Crippen molar-refractivity contribution in [1.82, 2.24) is 4.90 Å². The number of aryl methyl sites for hydroxylation is 1. The van der Waals surface area contributed by atoms with Gasteiger partial charge in [-0.15, -0.1) is 0 Å². The highest BCUT2D eigenvalue weighted by Crippen LogP contribution is 2.41. The van der Waals surface area contributed by atoms with E-state index in [0.717, 1.165) is 58.3 Å². The number of hydrogen-bond acceptors (Lipinski definition) is 3. The van der Waals surface area contributed by atoms with Crippen LogP contribution in [0.1, 0.15) is 56.2 Å². The predicted octanol–water partition coefficient (Wildman–Crippen LogP) is 5.44. The molecule has 1 N–H and O–H groups in total. The molecule has 3 nitrogen and oxygen atoms in total. The zero-order chi connectivity index (χ0) is 22.1. The van der Waals surface area contributed by atoms with Crippen LogP contribution >= 0.6 is 0 Å². The number of hydrogen-bond donors (Lipinski definition) is 1. The Morgan fingerprint density at radius 1 is 0.875 bits per heavy atom. The van der Waals surface area contributed by atoms with E-state index in [4.69, 9.17) is 0 Å². The summed E-state index contributed by atoms with van der Waals surface area (Å²) in [6, 6.07) is 18.9. The van der Waals surface area contributed by atoms with Gasteiger partial charge in [0, 0.05) is 37.9 Å². The molecule has 0 bridgehead atoms. The molecule has 3 heteroatoms. The normalized spacial score (nSPS) is 22.2. The van der Waals surface area contributed by atoms with E-state index in [-0.39, 0.29) is 6.10 Å². The number of aliphatic hydroxyl groups excluding tert-OH is 1. The van der Waals surface area contributed by atoms with Crippen molar-refractivity contribution < 1.29 is 5.11 Å². The number of rotatable bonds is 4. The Morgan fingerprint density at radius 3 is 2.31 bits per heavy atom. The number of fused-ring (bicyclic) bond motifs is 1. The molecule has 32 heavy (non-hydrogen) atoms. The maximum atomic E-state index is 10.00. The van der Waals surface area contributed by atoms with Crippen LogP contribution < -0.4 is 4.90 Å². The minimum absolute atomic E-state index is 0.172. The Bertz CT molecular complexity index is 1010. The first-order chi connectivity index (χ1) is 15.6. The third kappa shape index (κ3) is 4.29. The van der Waals surface area contributed by atoms with Gasteiger partial charge in [-0.2, -0.15) is 0 Å². The topological polar surface area (TPSA) is 26.7 Å². The number of benzene rings is 2. The second-order valence-electron chi connectivity index (χ2n) is 9.83. The molecular weight excluding hydrogens is 392 g/mol. The molecule has 0 radical (unpaired) electrons. The van der Waals surface area contributed by atoms with Gasteiger partial charge in [0.1, 0.15) is 0 Å². The Hall–Kier alpha value is -2.36. The number of aliphatic hydroxyl groups is 1. The molecule has 5 rings (SSSR count). The lowest BCUT2D eigenvalue weighted by Crippen LogP contribution is -2.48. The van der Waals surface area contributed by atoms with Crippen molar-refractivity contribution in [3.63, 3.8) is 0 Å². The van der Waals surface area contributed by atoms with Gasteiger partial charge < -0.3 is 10.0 Å². The second-order valence-corrected chi connectivity index (χ2v) is 9.83. The van der Waals surface area contributed by atoms with Gasteiger partial charge >= 0.3 is 0 Å². The van der Waals surface area contributed by atoms with Gasteiger partial charge in [0.15, 0.2) is 0 Å². The average Bonchev–Trinajstić information content (AvgIpc) is 2.84. The van der Waals surface area contributed by atoms with Crippen LogP contribution in [0.25, 0.3) is 5.57 Å². The van der Waals surface area contributed by atoms with Crippen molar-refractivity contribution in [3.8, 4) is 0 Å². The third-order valence-electron chi connectivity index (χ3n) is 7.57. The van der Waals surface area contributed by atoms with Crippen molar-refractivity contribution in [3.05, 3.63) is 82.4 Å². The predicted molar refractivity (Wildman–Crippen MR) is 134 cm³/mol. The first kappa shape index (κ1) is 21.5. The largest absolute Gasteiger partial charge is 0.393 e. The van der Waals surface area contributed by atoms with Gasteiger partial charge in [0.2, 0.25) is 0 Å². The van der Waals surface area contributed by atoms with Crippen molar-refractivity contribution in [1.29, 1.82) is 0 Å². The third-order valence-corrected chi connectivity index (χ3v) is 7.57. The SMILES string of the molecule is CC(C)N1CCN(c2ccc(C3=C(C4=CCC(O)CC4)CCc4ccccc43)cc2)CC1. The van der Waals surface area contributed by atoms with Crippen LogP contribution in [-0.2, 0) is 6.42 Å². The van der Waals surface area contributed by atoms with E-state index in [1.54, 1.807) is 0 Å². The molecule has 2 aromatic carbocycles. The average molecular weight is 429 g/mol. The standard InChI is InChI=1S/C29H36N2O/c1-21(2)30-17-19-31(20-18-30)25-12-7-24(8-13-25)29-27-6-4-3-5-22(27)11-16-28(29)23-9-14-26(32)15-10-23/h3-9,12-13,21,26,32H,10-11,14-20H2,1-2H3. The summed E-state index contributed by atoms with van der Waals surface area (Å²) in [6.07, 6.45) is 6.97. The fraction of sp³-hybridized carbons (Fsp3) is 0.448. The van der Waals surface area contributed by atoms with Crippen molar-refractivity contribution >= 4 is 11.3 Å². The highest BCUT2D eigenvalue weighted by atomic mass is 16.3. The highest BCUT2D eigenvalue weighted by molar-refractivity contribution is 5.87. The second kappa shape index (κ2) is 9.25. The van der Waals surface area contributed by atoms with Crippen LogP contribution in [0.15, 0.2) is 65.8 Å². The highest BCUT2D eigenvalue weighted by Gasteiger charge is 2.25. The summed E-state index contributed by atoms with van der Waals surface area (Å²) < 4.78 is 0. The van der Waals surface area contributed by atoms with Crippen LogP contribution in [0.5, 0.6) is 0 Å². The van der Waals surface area contributed by atoms with E-state index < -0.39 is 0 Å². The summed E-state index contributed by atoms with van der Waals surface area (Å²) in [4.78, 5) is 5.09. The Labute approximate surface area is 193 Å². The molecule has 1 saturated heterocycles. The summed E-state index contributed by atoms with van der Waals surface area (Å²) in [7, 11) is 0. The van der Waals surface area contributed by atoms with Crippen LogP contribution in [0.3, 0.4) is 0 Å². The quantitative estimate of drug-likeness (QED) is 0.703. The molecular formula is C29H36N2O. The van der Waals surface area contributed by atoms with Crippen molar-refractivity contribution in [2.24, 2.45) is 0 Å². The zero-order valence-corrected chi connectivity index (χ0v) is 19.6. The summed E-state index contributed by atoms with van der Waals surface area (Å²) in [5, 5.41) is 10.00. The van der Waals surface area contributed by atoms with E-state index in [0.29, 0.717) is 6.04 Å². The van der Waals surface area contributed by atoms with Gasteiger partial charge in [0.25, 0.3) is 0 Å². The first-order valence-corrected chi connectivity index (χ1v) is 12.4. The Kier molecular flexibility index (Phi) is 6.21. The summed E-state index contributed by atoms with van der Waals surface area (Å²) in [5.74, 6) is 0. The summed E-state index contributed by atoms with van der Waals surface area (Å²) in [6.45, 7) is 9.07. The molecule has 1 heterocycles. The number of nitrogens with zero attached hydrogens (tertiary/aromatic N) is 2. The van der Waals surface area contributed by atoms with Gasteiger partial charge in [-0.3, -0.25) is 4.90 Å². The monoisotopic (exact) mass is 428 g/mol. The molecule has 3 aliphatic rings. The maximum Gasteiger partial charge on any atom is 0.0578 e. The van der Waals surface area contributed by atoms with E-state index in [1.807, 2.05) is 0 Å². The minimum Gasteiger partial charge on any atom is -0.393 e.